The van der Waals surface area contributed by atoms with E-state index in [4.69, 9.17) is 15.8 Å². The highest BCUT2D eigenvalue weighted by Crippen LogP contribution is 2.24. The lowest BCUT2D eigenvalue weighted by atomic mass is 10.3. The molecular formula is C10H13ClO3S. The SMILES string of the molecule is CCCCS(=O)(=O)Oc1ccccc1Cl. The van der Waals surface area contributed by atoms with Crippen molar-refractivity contribution in [3.05, 3.63) is 29.3 Å². The lowest BCUT2D eigenvalue weighted by molar-refractivity contribution is 0.484. The standard InChI is InChI=1S/C10H13ClO3S/c1-2-3-8-15(12,13)14-10-7-5-4-6-9(10)11/h4-7H,2-3,8H2,1H3. The molecule has 0 spiro atoms. The van der Waals surface area contributed by atoms with Crippen LogP contribution in [0, 0.1) is 0 Å². The number of rotatable bonds is 5. The molecule has 15 heavy (non-hydrogen) atoms. The van der Waals surface area contributed by atoms with E-state index >= 15 is 0 Å². The summed E-state index contributed by atoms with van der Waals surface area (Å²) in [5, 5.41) is 0.303. The third-order valence-corrected chi connectivity index (χ3v) is 3.34. The Balaban J connectivity index is 2.74. The number of hydrogen-bond donors (Lipinski definition) is 0. The lowest BCUT2D eigenvalue weighted by Gasteiger charge is -2.07. The van der Waals surface area contributed by atoms with E-state index in [-0.39, 0.29) is 11.5 Å². The molecule has 0 aliphatic heterocycles. The third-order valence-electron chi connectivity index (χ3n) is 1.80. The Morgan fingerprint density at radius 2 is 2.00 bits per heavy atom. The molecule has 0 saturated carbocycles. The van der Waals surface area contributed by atoms with Gasteiger partial charge in [0.25, 0.3) is 0 Å². The monoisotopic (exact) mass is 248 g/mol. The number of hydrogen-bond acceptors (Lipinski definition) is 3. The largest absolute Gasteiger partial charge is 0.381 e. The van der Waals surface area contributed by atoms with Crippen LogP contribution in [0.4, 0.5) is 0 Å². The smallest absolute Gasteiger partial charge is 0.309 e. The minimum Gasteiger partial charge on any atom is -0.381 e. The molecule has 0 fully saturated rings. The average molecular weight is 249 g/mol. The predicted octanol–water partition coefficient (Wildman–Crippen LogP) is 2.85. The molecule has 0 aliphatic rings. The first-order valence-electron chi connectivity index (χ1n) is 4.72. The molecule has 0 atom stereocenters. The topological polar surface area (TPSA) is 43.4 Å². The summed E-state index contributed by atoms with van der Waals surface area (Å²) in [6.07, 6.45) is 1.40. The number of benzene rings is 1. The Labute approximate surface area is 95.1 Å². The molecule has 0 radical (unpaired) electrons. The Kier molecular flexibility index (Phi) is 4.42. The van der Waals surface area contributed by atoms with Gasteiger partial charge >= 0.3 is 10.1 Å². The summed E-state index contributed by atoms with van der Waals surface area (Å²) < 4.78 is 27.7. The Morgan fingerprint density at radius 1 is 1.33 bits per heavy atom. The van der Waals surface area contributed by atoms with Gasteiger partial charge in [-0.2, -0.15) is 8.42 Å². The Morgan fingerprint density at radius 3 is 2.60 bits per heavy atom. The number of halogens is 1. The van der Waals surface area contributed by atoms with Crippen molar-refractivity contribution in [3.8, 4) is 5.75 Å². The van der Waals surface area contributed by atoms with Crippen molar-refractivity contribution < 1.29 is 12.6 Å². The maximum absolute atomic E-state index is 11.4. The molecule has 1 aromatic carbocycles. The van der Waals surface area contributed by atoms with E-state index in [0.717, 1.165) is 6.42 Å². The van der Waals surface area contributed by atoms with E-state index in [2.05, 4.69) is 0 Å². The summed E-state index contributed by atoms with van der Waals surface area (Å²) in [7, 11) is -3.50. The van der Waals surface area contributed by atoms with Crippen LogP contribution in [0.2, 0.25) is 5.02 Å². The maximum Gasteiger partial charge on any atom is 0.309 e. The van der Waals surface area contributed by atoms with E-state index < -0.39 is 10.1 Å². The molecule has 84 valence electrons. The van der Waals surface area contributed by atoms with Crippen LogP contribution < -0.4 is 4.18 Å². The first-order chi connectivity index (χ1) is 7.05. The molecule has 0 aromatic heterocycles. The highest BCUT2D eigenvalue weighted by Gasteiger charge is 2.13. The molecule has 0 amide bonds. The molecule has 3 nitrogen and oxygen atoms in total. The second-order valence-corrected chi connectivity index (χ2v) is 5.23. The van der Waals surface area contributed by atoms with Crippen molar-refractivity contribution in [2.75, 3.05) is 5.75 Å². The molecular weight excluding hydrogens is 236 g/mol. The molecule has 1 rings (SSSR count). The Bertz CT molecular complexity index is 414. The highest BCUT2D eigenvalue weighted by molar-refractivity contribution is 7.87. The zero-order valence-electron chi connectivity index (χ0n) is 8.44. The van der Waals surface area contributed by atoms with E-state index in [0.29, 0.717) is 11.4 Å². The van der Waals surface area contributed by atoms with Crippen LogP contribution in [-0.4, -0.2) is 14.2 Å². The van der Waals surface area contributed by atoms with Gasteiger partial charge in [0, 0.05) is 0 Å². The van der Waals surface area contributed by atoms with Gasteiger partial charge in [0.1, 0.15) is 0 Å². The molecule has 1 aromatic rings. The summed E-state index contributed by atoms with van der Waals surface area (Å²) in [4.78, 5) is 0. The van der Waals surface area contributed by atoms with Crippen molar-refractivity contribution in [1.82, 2.24) is 0 Å². The zero-order valence-corrected chi connectivity index (χ0v) is 10.0. The molecule has 0 saturated heterocycles. The molecule has 0 aliphatic carbocycles. The minimum atomic E-state index is -3.50. The van der Waals surface area contributed by atoms with Crippen molar-refractivity contribution in [2.24, 2.45) is 0 Å². The van der Waals surface area contributed by atoms with Gasteiger partial charge < -0.3 is 4.18 Å². The summed E-state index contributed by atoms with van der Waals surface area (Å²) in [6.45, 7) is 1.92. The van der Waals surface area contributed by atoms with E-state index in [9.17, 15) is 8.42 Å². The minimum absolute atomic E-state index is 0.0225. The fourth-order valence-corrected chi connectivity index (χ4v) is 2.38. The third kappa shape index (κ3) is 4.10. The van der Waals surface area contributed by atoms with Gasteiger partial charge in [-0.15, -0.1) is 0 Å². The van der Waals surface area contributed by atoms with Gasteiger partial charge in [-0.3, -0.25) is 0 Å². The fourth-order valence-electron chi connectivity index (χ4n) is 1.01. The van der Waals surface area contributed by atoms with Gasteiger partial charge in [0.2, 0.25) is 0 Å². The quantitative estimate of drug-likeness (QED) is 0.753. The summed E-state index contributed by atoms with van der Waals surface area (Å²) in [6, 6.07) is 6.52. The second kappa shape index (κ2) is 5.37. The Hall–Kier alpha value is -0.740. The molecule has 0 N–H and O–H groups in total. The summed E-state index contributed by atoms with van der Waals surface area (Å²) >= 11 is 5.77. The predicted molar refractivity (Wildman–Crippen MR) is 60.8 cm³/mol. The second-order valence-electron chi connectivity index (χ2n) is 3.13. The van der Waals surface area contributed by atoms with Gasteiger partial charge in [0.05, 0.1) is 10.8 Å². The van der Waals surface area contributed by atoms with Gasteiger partial charge in [-0.1, -0.05) is 37.1 Å². The van der Waals surface area contributed by atoms with Gasteiger partial charge in [-0.05, 0) is 18.6 Å². The van der Waals surface area contributed by atoms with E-state index in [1.54, 1.807) is 18.2 Å². The van der Waals surface area contributed by atoms with Crippen LogP contribution in [-0.2, 0) is 10.1 Å². The maximum atomic E-state index is 11.4. The zero-order chi connectivity index (χ0) is 11.3. The van der Waals surface area contributed by atoms with Crippen LogP contribution >= 0.6 is 11.6 Å². The summed E-state index contributed by atoms with van der Waals surface area (Å²) in [5.41, 5.74) is 0. The van der Waals surface area contributed by atoms with E-state index in [1.807, 2.05) is 6.92 Å². The van der Waals surface area contributed by atoms with E-state index in [1.165, 1.54) is 6.07 Å². The number of unbranched alkanes of at least 4 members (excludes halogenated alkanes) is 1. The molecule has 5 heteroatoms. The van der Waals surface area contributed by atoms with Crippen LogP contribution in [0.15, 0.2) is 24.3 Å². The normalized spacial score (nSPS) is 11.3. The van der Waals surface area contributed by atoms with Crippen molar-refractivity contribution in [1.29, 1.82) is 0 Å². The first-order valence-corrected chi connectivity index (χ1v) is 6.67. The van der Waals surface area contributed by atoms with Crippen LogP contribution in [0.1, 0.15) is 19.8 Å². The fraction of sp³-hybridized carbons (Fsp3) is 0.400. The van der Waals surface area contributed by atoms with Crippen LogP contribution in [0.3, 0.4) is 0 Å². The lowest BCUT2D eigenvalue weighted by Crippen LogP contribution is -2.13. The molecule has 0 heterocycles. The van der Waals surface area contributed by atoms with Crippen molar-refractivity contribution in [2.45, 2.75) is 19.8 Å². The van der Waals surface area contributed by atoms with Crippen molar-refractivity contribution in [3.63, 3.8) is 0 Å². The average Bonchev–Trinajstić information content (AvgIpc) is 2.18. The van der Waals surface area contributed by atoms with Crippen LogP contribution in [0.25, 0.3) is 0 Å². The van der Waals surface area contributed by atoms with Gasteiger partial charge in [0.15, 0.2) is 5.75 Å². The molecule has 0 unspecified atom stereocenters. The first kappa shape index (κ1) is 12.3. The highest BCUT2D eigenvalue weighted by atomic mass is 35.5. The summed E-state index contributed by atoms with van der Waals surface area (Å²) in [5.74, 6) is 0.213. The van der Waals surface area contributed by atoms with Crippen LogP contribution in [0.5, 0.6) is 5.75 Å². The molecule has 0 bridgehead atoms. The number of para-hydroxylation sites is 1. The van der Waals surface area contributed by atoms with Gasteiger partial charge in [-0.25, -0.2) is 0 Å². The van der Waals surface area contributed by atoms with Crippen molar-refractivity contribution >= 4 is 21.7 Å².